The largest absolute Gasteiger partial charge is 0.354 e. The molecule has 0 aromatic carbocycles. The lowest BCUT2D eigenvalue weighted by Crippen LogP contribution is -2.55. The second kappa shape index (κ2) is 6.76. The van der Waals surface area contributed by atoms with Crippen molar-refractivity contribution in [1.29, 1.82) is 0 Å². The van der Waals surface area contributed by atoms with Crippen molar-refractivity contribution in [3.8, 4) is 0 Å². The number of rotatable bonds is 3. The second-order valence-electron chi connectivity index (χ2n) is 7.87. The lowest BCUT2D eigenvalue weighted by atomic mass is 9.97. The molecule has 3 aliphatic heterocycles. The summed E-state index contributed by atoms with van der Waals surface area (Å²) in [5.74, 6) is 1.55. The Balaban J connectivity index is 1.37. The maximum Gasteiger partial charge on any atom is 0.229 e. The fourth-order valence-corrected chi connectivity index (χ4v) is 4.60. The number of nitrogens with one attached hydrogen (secondary N) is 2. The minimum Gasteiger partial charge on any atom is -0.354 e. The molecule has 2 aromatic rings. The van der Waals surface area contributed by atoms with Gasteiger partial charge in [0, 0.05) is 56.8 Å². The van der Waals surface area contributed by atoms with Gasteiger partial charge in [-0.2, -0.15) is 9.61 Å². The zero-order valence-electron chi connectivity index (χ0n) is 15.8. The van der Waals surface area contributed by atoms with Gasteiger partial charge in [0.15, 0.2) is 5.65 Å². The van der Waals surface area contributed by atoms with Crippen LogP contribution in [0.5, 0.6) is 0 Å². The number of likely N-dealkylation sites (N-methyl/N-ethyl adjacent to an activating group) is 1. The molecule has 2 fully saturated rings. The van der Waals surface area contributed by atoms with E-state index in [1.165, 1.54) is 11.3 Å². The number of carbonyl (C=O) groups excluding carboxylic acids is 1. The van der Waals surface area contributed by atoms with Gasteiger partial charge in [-0.15, -0.1) is 0 Å². The first-order chi connectivity index (χ1) is 13.2. The Hall–Kier alpha value is -2.19. The minimum atomic E-state index is 0.0962. The van der Waals surface area contributed by atoms with Crippen LogP contribution in [0.3, 0.4) is 0 Å². The van der Waals surface area contributed by atoms with E-state index < -0.39 is 0 Å². The van der Waals surface area contributed by atoms with Gasteiger partial charge in [-0.1, -0.05) is 0 Å². The molecule has 144 valence electrons. The molecule has 0 saturated carbocycles. The lowest BCUT2D eigenvalue weighted by Gasteiger charge is -2.42. The Kier molecular flexibility index (Phi) is 4.24. The zero-order valence-corrected chi connectivity index (χ0v) is 15.8. The van der Waals surface area contributed by atoms with E-state index >= 15 is 0 Å². The van der Waals surface area contributed by atoms with Crippen molar-refractivity contribution in [1.82, 2.24) is 30.1 Å². The lowest BCUT2D eigenvalue weighted by molar-refractivity contribution is -0.135. The third kappa shape index (κ3) is 2.87. The van der Waals surface area contributed by atoms with E-state index in [0.717, 1.165) is 70.0 Å². The molecule has 1 amide bonds. The molecular weight excluding hydrogens is 342 g/mol. The predicted octanol–water partition coefficient (Wildman–Crippen LogP) is -0.326. The van der Waals surface area contributed by atoms with Crippen LogP contribution in [0.4, 0.5) is 5.82 Å². The summed E-state index contributed by atoms with van der Waals surface area (Å²) in [6.07, 6.45) is 4.77. The van der Waals surface area contributed by atoms with E-state index in [4.69, 9.17) is 4.98 Å². The number of fused-ring (bicyclic) bond motifs is 2. The molecule has 8 heteroatoms. The summed E-state index contributed by atoms with van der Waals surface area (Å²) < 4.78 is 1.96. The Morgan fingerprint density at radius 2 is 2.11 bits per heavy atom. The summed E-state index contributed by atoms with van der Waals surface area (Å²) in [6.45, 7) is 5.19. The highest BCUT2D eigenvalue weighted by atomic mass is 16.2. The number of nitrogens with zero attached hydrogens (tertiary/aromatic N) is 5. The molecule has 5 rings (SSSR count). The normalized spacial score (nSPS) is 23.4. The SMILES string of the molecule is CNC1CCN(C(=O)C2CN(c3c4c(nc5ccnn35)CCNCC4)C2)C1. The van der Waals surface area contributed by atoms with Crippen LogP contribution in [-0.2, 0) is 17.6 Å². The van der Waals surface area contributed by atoms with Gasteiger partial charge in [0.2, 0.25) is 5.91 Å². The molecule has 27 heavy (non-hydrogen) atoms. The molecule has 5 heterocycles. The molecule has 0 bridgehead atoms. The van der Waals surface area contributed by atoms with Crippen LogP contribution >= 0.6 is 0 Å². The number of hydrogen-bond donors (Lipinski definition) is 2. The first kappa shape index (κ1) is 16.9. The van der Waals surface area contributed by atoms with E-state index in [9.17, 15) is 4.79 Å². The van der Waals surface area contributed by atoms with Gasteiger partial charge in [-0.05, 0) is 26.4 Å². The highest BCUT2D eigenvalue weighted by Crippen LogP contribution is 2.32. The van der Waals surface area contributed by atoms with Crippen molar-refractivity contribution in [2.45, 2.75) is 25.3 Å². The van der Waals surface area contributed by atoms with Gasteiger partial charge in [0.25, 0.3) is 0 Å². The standard InChI is InChI=1S/C19H27N7O/c1-20-14-5-9-24(12-14)19(27)13-10-25(11-13)18-15-2-6-21-7-3-16(15)23-17-4-8-22-26(17)18/h4,8,13-14,20-21H,2-3,5-7,9-12H2,1H3. The van der Waals surface area contributed by atoms with Crippen LogP contribution in [0.25, 0.3) is 5.65 Å². The molecule has 0 spiro atoms. The molecule has 2 N–H and O–H groups in total. The summed E-state index contributed by atoms with van der Waals surface area (Å²) in [5, 5.41) is 11.3. The number of likely N-dealkylation sites (tertiary alicyclic amines) is 1. The molecule has 0 radical (unpaired) electrons. The van der Waals surface area contributed by atoms with E-state index in [1.54, 1.807) is 0 Å². The van der Waals surface area contributed by atoms with Gasteiger partial charge in [-0.25, -0.2) is 4.98 Å². The number of carbonyl (C=O) groups is 1. The van der Waals surface area contributed by atoms with Crippen LogP contribution in [0.15, 0.2) is 12.3 Å². The molecule has 1 atom stereocenters. The van der Waals surface area contributed by atoms with Gasteiger partial charge < -0.3 is 20.4 Å². The van der Waals surface area contributed by atoms with Crippen molar-refractivity contribution in [3.05, 3.63) is 23.5 Å². The number of aromatic nitrogens is 3. The fraction of sp³-hybridized carbons (Fsp3) is 0.632. The minimum absolute atomic E-state index is 0.0962. The Morgan fingerprint density at radius 3 is 2.93 bits per heavy atom. The van der Waals surface area contributed by atoms with Crippen LogP contribution in [-0.4, -0.2) is 77.8 Å². The first-order valence-electron chi connectivity index (χ1n) is 10.0. The third-order valence-electron chi connectivity index (χ3n) is 6.22. The zero-order chi connectivity index (χ0) is 18.4. The second-order valence-corrected chi connectivity index (χ2v) is 7.87. The van der Waals surface area contributed by atoms with Crippen molar-refractivity contribution in [2.75, 3.05) is 51.2 Å². The molecule has 2 saturated heterocycles. The van der Waals surface area contributed by atoms with E-state index in [1.807, 2.05) is 28.7 Å². The fourth-order valence-electron chi connectivity index (χ4n) is 4.60. The maximum atomic E-state index is 12.9. The van der Waals surface area contributed by atoms with Gasteiger partial charge in [-0.3, -0.25) is 4.79 Å². The van der Waals surface area contributed by atoms with Crippen molar-refractivity contribution in [2.24, 2.45) is 5.92 Å². The Bertz CT molecular complexity index is 857. The van der Waals surface area contributed by atoms with Crippen LogP contribution < -0.4 is 15.5 Å². The van der Waals surface area contributed by atoms with Crippen molar-refractivity contribution in [3.63, 3.8) is 0 Å². The van der Waals surface area contributed by atoms with Crippen molar-refractivity contribution < 1.29 is 4.79 Å². The molecule has 1 unspecified atom stereocenters. The highest BCUT2D eigenvalue weighted by Gasteiger charge is 2.39. The number of hydrogen-bond acceptors (Lipinski definition) is 6. The third-order valence-corrected chi connectivity index (χ3v) is 6.22. The van der Waals surface area contributed by atoms with E-state index in [-0.39, 0.29) is 5.92 Å². The Labute approximate surface area is 158 Å². The summed E-state index contributed by atoms with van der Waals surface area (Å²) in [5.41, 5.74) is 3.37. The summed E-state index contributed by atoms with van der Waals surface area (Å²) >= 11 is 0. The summed E-state index contributed by atoms with van der Waals surface area (Å²) in [6, 6.07) is 2.41. The number of amides is 1. The predicted molar refractivity (Wildman–Crippen MR) is 103 cm³/mol. The summed E-state index contributed by atoms with van der Waals surface area (Å²) in [4.78, 5) is 22.0. The molecule has 2 aromatic heterocycles. The van der Waals surface area contributed by atoms with E-state index in [0.29, 0.717) is 11.9 Å². The summed E-state index contributed by atoms with van der Waals surface area (Å²) in [7, 11) is 1.98. The van der Waals surface area contributed by atoms with Gasteiger partial charge in [0.05, 0.1) is 17.8 Å². The van der Waals surface area contributed by atoms with Crippen molar-refractivity contribution >= 4 is 17.4 Å². The highest BCUT2D eigenvalue weighted by molar-refractivity contribution is 5.82. The number of anilines is 1. The quantitative estimate of drug-likeness (QED) is 0.772. The topological polar surface area (TPSA) is 77.8 Å². The van der Waals surface area contributed by atoms with Gasteiger partial charge in [0.1, 0.15) is 5.82 Å². The van der Waals surface area contributed by atoms with E-state index in [2.05, 4.69) is 20.6 Å². The molecule has 3 aliphatic rings. The first-order valence-corrected chi connectivity index (χ1v) is 10.0. The van der Waals surface area contributed by atoms with Gasteiger partial charge >= 0.3 is 0 Å². The molecular formula is C19H27N7O. The average Bonchev–Trinajstić information content (AvgIpc) is 3.24. The molecule has 0 aliphatic carbocycles. The Morgan fingerprint density at radius 1 is 1.26 bits per heavy atom. The molecule has 8 nitrogen and oxygen atoms in total. The van der Waals surface area contributed by atoms with Crippen LogP contribution in [0, 0.1) is 5.92 Å². The monoisotopic (exact) mass is 369 g/mol. The smallest absolute Gasteiger partial charge is 0.229 e. The maximum absolute atomic E-state index is 12.9. The van der Waals surface area contributed by atoms with Crippen LogP contribution in [0.2, 0.25) is 0 Å². The van der Waals surface area contributed by atoms with Crippen LogP contribution in [0.1, 0.15) is 17.7 Å². The average molecular weight is 369 g/mol.